The first-order valence-electron chi connectivity index (χ1n) is 7.37. The van der Waals surface area contributed by atoms with Gasteiger partial charge in [0.2, 0.25) is 5.91 Å². The molecular formula is C17H14FN3O3S. The van der Waals surface area contributed by atoms with Gasteiger partial charge >= 0.3 is 0 Å². The molecule has 3 amide bonds. The lowest BCUT2D eigenvalue weighted by molar-refractivity contribution is -0.127. The Morgan fingerprint density at radius 1 is 1.24 bits per heavy atom. The number of nitrogens with one attached hydrogen (secondary N) is 1. The molecule has 0 bridgehead atoms. The highest BCUT2D eigenvalue weighted by Gasteiger charge is 2.36. The Kier molecular flexibility index (Phi) is 4.71. The number of hydrogen-bond donors (Lipinski definition) is 1. The van der Waals surface area contributed by atoms with Crippen molar-refractivity contribution in [1.29, 1.82) is 0 Å². The van der Waals surface area contributed by atoms with E-state index in [9.17, 15) is 18.8 Å². The number of aromatic nitrogens is 1. The van der Waals surface area contributed by atoms with Crippen molar-refractivity contribution in [1.82, 2.24) is 9.47 Å². The SMILES string of the molecule is Cn1cccc1/C=C1\SC(=O)N(CC(=O)Nc2ccccc2F)C1=O. The minimum absolute atomic E-state index is 0.00109. The van der Waals surface area contributed by atoms with Crippen LogP contribution in [0.15, 0.2) is 47.5 Å². The largest absolute Gasteiger partial charge is 0.351 e. The molecule has 2 heterocycles. The summed E-state index contributed by atoms with van der Waals surface area (Å²) in [6, 6.07) is 9.29. The number of carbonyl (C=O) groups is 3. The second-order valence-electron chi connectivity index (χ2n) is 5.34. The first-order valence-corrected chi connectivity index (χ1v) is 8.18. The van der Waals surface area contributed by atoms with E-state index in [1.165, 1.54) is 18.2 Å². The van der Waals surface area contributed by atoms with E-state index in [-0.39, 0.29) is 10.6 Å². The van der Waals surface area contributed by atoms with Crippen LogP contribution in [0.25, 0.3) is 6.08 Å². The molecule has 0 atom stereocenters. The number of hydrogen-bond acceptors (Lipinski definition) is 4. The maximum atomic E-state index is 13.6. The summed E-state index contributed by atoms with van der Waals surface area (Å²) in [6.45, 7) is -0.469. The number of aryl methyl sites for hydroxylation is 1. The van der Waals surface area contributed by atoms with Crippen molar-refractivity contribution in [2.24, 2.45) is 7.05 Å². The molecule has 0 aliphatic carbocycles. The highest BCUT2D eigenvalue weighted by Crippen LogP contribution is 2.32. The standard InChI is InChI=1S/C17H14FN3O3S/c1-20-8-4-5-11(20)9-14-16(23)21(17(24)25-14)10-15(22)19-13-7-3-2-6-12(13)18/h2-9H,10H2,1H3,(H,19,22)/b14-9-. The predicted molar refractivity (Wildman–Crippen MR) is 93.1 cm³/mol. The molecule has 3 rings (SSSR count). The summed E-state index contributed by atoms with van der Waals surface area (Å²) >= 11 is 0.771. The molecule has 1 aliphatic rings. The highest BCUT2D eigenvalue weighted by molar-refractivity contribution is 8.18. The van der Waals surface area contributed by atoms with Gasteiger partial charge in [0, 0.05) is 18.9 Å². The number of amides is 3. The third kappa shape index (κ3) is 3.63. The smallest absolute Gasteiger partial charge is 0.294 e. The number of rotatable bonds is 4. The van der Waals surface area contributed by atoms with Gasteiger partial charge in [0.1, 0.15) is 12.4 Å². The molecule has 1 aliphatic heterocycles. The van der Waals surface area contributed by atoms with Crippen LogP contribution in [0.1, 0.15) is 5.69 Å². The molecule has 6 nitrogen and oxygen atoms in total. The molecule has 1 fully saturated rings. The Labute approximate surface area is 147 Å². The lowest BCUT2D eigenvalue weighted by Gasteiger charge is -2.12. The number of anilines is 1. The molecule has 128 valence electrons. The fourth-order valence-electron chi connectivity index (χ4n) is 2.29. The van der Waals surface area contributed by atoms with Crippen LogP contribution in [0, 0.1) is 5.82 Å². The fourth-order valence-corrected chi connectivity index (χ4v) is 3.11. The van der Waals surface area contributed by atoms with Gasteiger partial charge in [-0.1, -0.05) is 12.1 Å². The van der Waals surface area contributed by atoms with Gasteiger partial charge in [0.25, 0.3) is 11.1 Å². The molecule has 1 aromatic carbocycles. The van der Waals surface area contributed by atoms with Crippen molar-refractivity contribution in [3.05, 3.63) is 59.0 Å². The number of imide groups is 1. The summed E-state index contributed by atoms with van der Waals surface area (Å²) < 4.78 is 15.4. The van der Waals surface area contributed by atoms with Crippen LogP contribution < -0.4 is 5.32 Å². The van der Waals surface area contributed by atoms with E-state index >= 15 is 0 Å². The number of nitrogens with zero attached hydrogens (tertiary/aromatic N) is 2. The Morgan fingerprint density at radius 3 is 2.68 bits per heavy atom. The van der Waals surface area contributed by atoms with Crippen molar-refractivity contribution >= 4 is 40.6 Å². The van der Waals surface area contributed by atoms with Crippen LogP contribution in [0.5, 0.6) is 0 Å². The first-order chi connectivity index (χ1) is 12.0. The number of benzene rings is 1. The van der Waals surface area contributed by atoms with Crippen molar-refractivity contribution < 1.29 is 18.8 Å². The Bertz CT molecular complexity index is 891. The molecule has 0 spiro atoms. The minimum Gasteiger partial charge on any atom is -0.351 e. The summed E-state index contributed by atoms with van der Waals surface area (Å²) in [5.41, 5.74) is 0.764. The summed E-state index contributed by atoms with van der Waals surface area (Å²) in [7, 11) is 1.82. The molecule has 2 aromatic rings. The zero-order valence-corrected chi connectivity index (χ0v) is 14.0. The number of carbonyl (C=O) groups excluding carboxylic acids is 3. The topological polar surface area (TPSA) is 71.4 Å². The molecule has 1 saturated heterocycles. The number of halogens is 1. The zero-order chi connectivity index (χ0) is 18.0. The fraction of sp³-hybridized carbons (Fsp3) is 0.118. The van der Waals surface area contributed by atoms with Crippen molar-refractivity contribution in [3.63, 3.8) is 0 Å². The van der Waals surface area contributed by atoms with Gasteiger partial charge < -0.3 is 9.88 Å². The average molecular weight is 359 g/mol. The van der Waals surface area contributed by atoms with Gasteiger partial charge in [-0.2, -0.15) is 0 Å². The second-order valence-corrected chi connectivity index (χ2v) is 6.33. The summed E-state index contributed by atoms with van der Waals surface area (Å²) in [5.74, 6) is -1.78. The van der Waals surface area contributed by atoms with Crippen molar-refractivity contribution in [2.75, 3.05) is 11.9 Å². The van der Waals surface area contributed by atoms with E-state index < -0.39 is 29.4 Å². The molecule has 25 heavy (non-hydrogen) atoms. The van der Waals surface area contributed by atoms with E-state index in [0.717, 1.165) is 22.4 Å². The maximum absolute atomic E-state index is 13.6. The second kappa shape index (κ2) is 6.94. The summed E-state index contributed by atoms with van der Waals surface area (Å²) in [4.78, 5) is 37.5. The number of para-hydroxylation sites is 1. The predicted octanol–water partition coefficient (Wildman–Crippen LogP) is 2.84. The molecule has 1 N–H and O–H groups in total. The molecule has 0 unspecified atom stereocenters. The van der Waals surface area contributed by atoms with Gasteiger partial charge in [-0.05, 0) is 42.1 Å². The van der Waals surface area contributed by atoms with Gasteiger partial charge in [-0.3, -0.25) is 19.3 Å². The minimum atomic E-state index is -0.646. The molecule has 0 radical (unpaired) electrons. The quantitative estimate of drug-likeness (QED) is 0.852. The van der Waals surface area contributed by atoms with Crippen LogP contribution in [0.3, 0.4) is 0 Å². The maximum Gasteiger partial charge on any atom is 0.294 e. The summed E-state index contributed by atoms with van der Waals surface area (Å²) in [5, 5.41) is 1.82. The number of thioether (sulfide) groups is 1. The van der Waals surface area contributed by atoms with E-state index in [1.807, 2.05) is 19.3 Å². The monoisotopic (exact) mass is 359 g/mol. The Morgan fingerprint density at radius 2 is 2.00 bits per heavy atom. The van der Waals surface area contributed by atoms with Crippen LogP contribution in [-0.2, 0) is 16.6 Å². The van der Waals surface area contributed by atoms with Crippen LogP contribution in [0.2, 0.25) is 0 Å². The Balaban J connectivity index is 1.71. The molecule has 0 saturated carbocycles. The van der Waals surface area contributed by atoms with E-state index in [4.69, 9.17) is 0 Å². The van der Waals surface area contributed by atoms with Gasteiger partial charge in [-0.25, -0.2) is 4.39 Å². The van der Waals surface area contributed by atoms with Gasteiger partial charge in [0.15, 0.2) is 0 Å². The van der Waals surface area contributed by atoms with Crippen molar-refractivity contribution in [3.8, 4) is 0 Å². The lowest BCUT2D eigenvalue weighted by Crippen LogP contribution is -2.36. The van der Waals surface area contributed by atoms with E-state index in [0.29, 0.717) is 0 Å². The zero-order valence-electron chi connectivity index (χ0n) is 13.2. The third-order valence-corrected chi connectivity index (χ3v) is 4.49. The first kappa shape index (κ1) is 17.0. The third-order valence-electron chi connectivity index (χ3n) is 3.59. The normalized spacial score (nSPS) is 15.9. The molecule has 1 aromatic heterocycles. The lowest BCUT2D eigenvalue weighted by atomic mass is 10.3. The molecule has 8 heteroatoms. The van der Waals surface area contributed by atoms with Crippen LogP contribution in [0.4, 0.5) is 14.9 Å². The van der Waals surface area contributed by atoms with E-state index in [2.05, 4.69) is 5.32 Å². The average Bonchev–Trinajstić information content (AvgIpc) is 3.08. The van der Waals surface area contributed by atoms with Crippen LogP contribution >= 0.6 is 11.8 Å². The van der Waals surface area contributed by atoms with Crippen LogP contribution in [-0.4, -0.2) is 33.1 Å². The van der Waals surface area contributed by atoms with Gasteiger partial charge in [0.05, 0.1) is 10.6 Å². The summed E-state index contributed by atoms with van der Waals surface area (Å²) in [6.07, 6.45) is 3.41. The highest BCUT2D eigenvalue weighted by atomic mass is 32.2. The van der Waals surface area contributed by atoms with Crippen molar-refractivity contribution in [2.45, 2.75) is 0 Å². The van der Waals surface area contributed by atoms with E-state index in [1.54, 1.807) is 22.8 Å². The molecular weight excluding hydrogens is 345 g/mol. The Hall–Kier alpha value is -2.87. The van der Waals surface area contributed by atoms with Gasteiger partial charge in [-0.15, -0.1) is 0 Å².